The van der Waals surface area contributed by atoms with Crippen LogP contribution in [-0.4, -0.2) is 46.5 Å². The lowest BCUT2D eigenvalue weighted by Gasteiger charge is -2.18. The Morgan fingerprint density at radius 2 is 2.33 bits per heavy atom. The lowest BCUT2D eigenvalue weighted by atomic mass is 10.1. The molecule has 1 aromatic rings. The largest absolute Gasteiger partial charge is 0.493 e. The molecule has 0 saturated carbocycles. The van der Waals surface area contributed by atoms with Gasteiger partial charge in [-0.25, -0.2) is 0 Å². The minimum Gasteiger partial charge on any atom is -0.493 e. The van der Waals surface area contributed by atoms with Gasteiger partial charge in [-0.05, 0) is 23.8 Å². The zero-order chi connectivity index (χ0) is 17.3. The summed E-state index contributed by atoms with van der Waals surface area (Å²) >= 11 is 6.16. The molecule has 0 bridgehead atoms. The number of ether oxygens (including phenoxy) is 2. The van der Waals surface area contributed by atoms with E-state index in [1.165, 1.54) is 0 Å². The van der Waals surface area contributed by atoms with Gasteiger partial charge in [-0.1, -0.05) is 36.1 Å². The van der Waals surface area contributed by atoms with Crippen LogP contribution in [0.2, 0.25) is 0 Å². The van der Waals surface area contributed by atoms with Gasteiger partial charge in [0.15, 0.2) is 11.5 Å². The number of hydrogen-bond acceptors (Lipinski definition) is 6. The van der Waals surface area contributed by atoms with Gasteiger partial charge in [0.05, 0.1) is 12.0 Å². The summed E-state index contributed by atoms with van der Waals surface area (Å²) in [6.07, 6.45) is 3.59. The molecule has 0 spiro atoms. The molecule has 1 N–H and O–H groups in total. The van der Waals surface area contributed by atoms with E-state index in [1.54, 1.807) is 13.2 Å². The van der Waals surface area contributed by atoms with Crippen molar-refractivity contribution in [3.8, 4) is 11.5 Å². The Hall–Kier alpha value is -2.32. The molecule has 1 amide bonds. The number of fused-ring (bicyclic) bond motifs is 1. The number of rotatable bonds is 4. The van der Waals surface area contributed by atoms with Gasteiger partial charge in [0.2, 0.25) is 0 Å². The van der Waals surface area contributed by atoms with Gasteiger partial charge in [0.25, 0.3) is 5.91 Å². The third-order valence-electron chi connectivity index (χ3n) is 3.44. The van der Waals surface area contributed by atoms with Gasteiger partial charge in [-0.2, -0.15) is 0 Å². The number of methoxy groups -OCH3 is 1. The van der Waals surface area contributed by atoms with Crippen molar-refractivity contribution in [2.45, 2.75) is 0 Å². The van der Waals surface area contributed by atoms with E-state index in [0.717, 1.165) is 27.8 Å². The summed E-state index contributed by atoms with van der Waals surface area (Å²) < 4.78 is 11.2. The van der Waals surface area contributed by atoms with Crippen LogP contribution in [0.1, 0.15) is 5.56 Å². The molecule has 3 rings (SSSR count). The number of para-hydroxylation sites is 1. The molecular weight excluding hydrogens is 350 g/mol. The lowest BCUT2D eigenvalue weighted by Crippen LogP contribution is -2.33. The first-order chi connectivity index (χ1) is 11.5. The quantitative estimate of drug-likeness (QED) is 0.650. The van der Waals surface area contributed by atoms with E-state index in [2.05, 4.69) is 0 Å². The SMILES string of the molecule is COc1cccc2c1OCC(/C=C1\SC(=S)N(CC(=O)O)C1=O)=C2. The Kier molecular flexibility index (Phi) is 4.59. The standard InChI is InChI=1S/C16H13NO5S2/c1-21-11-4-2-3-10-5-9(8-22-14(10)11)6-12-15(20)17(7-13(18)19)16(23)24-12/h2-6H,7-8H2,1H3,(H,18,19)/b12-6-. The van der Waals surface area contributed by atoms with Crippen molar-refractivity contribution in [2.24, 2.45) is 0 Å². The van der Waals surface area contributed by atoms with Gasteiger partial charge < -0.3 is 14.6 Å². The second-order valence-electron chi connectivity index (χ2n) is 5.05. The van der Waals surface area contributed by atoms with Crippen LogP contribution in [0.15, 0.2) is 34.8 Å². The fourth-order valence-corrected chi connectivity index (χ4v) is 3.65. The average Bonchev–Trinajstić information content (AvgIpc) is 2.81. The van der Waals surface area contributed by atoms with E-state index < -0.39 is 18.4 Å². The number of thioether (sulfide) groups is 1. The summed E-state index contributed by atoms with van der Waals surface area (Å²) in [6, 6.07) is 5.56. The molecule has 0 atom stereocenters. The highest BCUT2D eigenvalue weighted by atomic mass is 32.2. The molecular formula is C16H13NO5S2. The minimum atomic E-state index is -1.10. The van der Waals surface area contributed by atoms with E-state index in [9.17, 15) is 9.59 Å². The van der Waals surface area contributed by atoms with Crippen LogP contribution in [0.5, 0.6) is 11.5 Å². The van der Waals surface area contributed by atoms with E-state index in [4.69, 9.17) is 26.8 Å². The van der Waals surface area contributed by atoms with Gasteiger partial charge >= 0.3 is 5.97 Å². The summed E-state index contributed by atoms with van der Waals surface area (Å²) in [5, 5.41) is 8.85. The van der Waals surface area contributed by atoms with Crippen LogP contribution in [0.4, 0.5) is 0 Å². The highest BCUT2D eigenvalue weighted by Gasteiger charge is 2.33. The highest BCUT2D eigenvalue weighted by molar-refractivity contribution is 8.26. The number of thiocarbonyl (C=S) groups is 1. The predicted octanol–water partition coefficient (Wildman–Crippen LogP) is 2.30. The third-order valence-corrected chi connectivity index (χ3v) is 4.81. The molecule has 24 heavy (non-hydrogen) atoms. The summed E-state index contributed by atoms with van der Waals surface area (Å²) in [7, 11) is 1.58. The van der Waals surface area contributed by atoms with Crippen molar-refractivity contribution < 1.29 is 24.2 Å². The Labute approximate surface area is 147 Å². The van der Waals surface area contributed by atoms with E-state index in [0.29, 0.717) is 16.4 Å². The number of amides is 1. The Morgan fingerprint density at radius 1 is 1.54 bits per heavy atom. The minimum absolute atomic E-state index is 0.244. The number of carbonyl (C=O) groups is 2. The molecule has 2 aliphatic heterocycles. The summed E-state index contributed by atoms with van der Waals surface area (Å²) in [6.45, 7) is -0.145. The van der Waals surface area contributed by atoms with Gasteiger partial charge in [-0.3, -0.25) is 14.5 Å². The molecule has 0 unspecified atom stereocenters. The highest BCUT2D eigenvalue weighted by Crippen LogP contribution is 2.37. The number of benzene rings is 1. The smallest absolute Gasteiger partial charge is 0.323 e. The zero-order valence-electron chi connectivity index (χ0n) is 12.6. The fourth-order valence-electron chi connectivity index (χ4n) is 2.38. The molecule has 2 aliphatic rings. The van der Waals surface area contributed by atoms with E-state index in [-0.39, 0.29) is 10.9 Å². The number of aliphatic carboxylic acids is 1. The van der Waals surface area contributed by atoms with Crippen molar-refractivity contribution in [2.75, 3.05) is 20.3 Å². The van der Waals surface area contributed by atoms with Crippen molar-refractivity contribution in [3.63, 3.8) is 0 Å². The van der Waals surface area contributed by atoms with Crippen LogP contribution >= 0.6 is 24.0 Å². The zero-order valence-corrected chi connectivity index (χ0v) is 14.3. The number of carboxylic acids is 1. The Balaban J connectivity index is 1.87. The van der Waals surface area contributed by atoms with Crippen LogP contribution in [-0.2, 0) is 9.59 Å². The van der Waals surface area contributed by atoms with Crippen LogP contribution < -0.4 is 9.47 Å². The topological polar surface area (TPSA) is 76.1 Å². The maximum absolute atomic E-state index is 12.3. The van der Waals surface area contributed by atoms with Crippen molar-refractivity contribution in [3.05, 3.63) is 40.3 Å². The van der Waals surface area contributed by atoms with Crippen molar-refractivity contribution in [1.82, 2.24) is 4.90 Å². The molecule has 1 saturated heterocycles. The van der Waals surface area contributed by atoms with Crippen LogP contribution in [0.25, 0.3) is 6.08 Å². The predicted molar refractivity (Wildman–Crippen MR) is 94.1 cm³/mol. The molecule has 2 heterocycles. The van der Waals surface area contributed by atoms with Crippen molar-refractivity contribution >= 4 is 46.3 Å². The number of hydrogen-bond donors (Lipinski definition) is 1. The number of carbonyl (C=O) groups excluding carboxylic acids is 1. The first-order valence-corrected chi connectivity index (χ1v) is 8.19. The molecule has 0 radical (unpaired) electrons. The maximum atomic E-state index is 12.3. The first kappa shape index (κ1) is 16.5. The van der Waals surface area contributed by atoms with E-state index >= 15 is 0 Å². The second kappa shape index (κ2) is 6.66. The number of nitrogens with zero attached hydrogens (tertiary/aromatic N) is 1. The molecule has 6 nitrogen and oxygen atoms in total. The van der Waals surface area contributed by atoms with Gasteiger partial charge in [-0.15, -0.1) is 0 Å². The normalized spacial score (nSPS) is 18.3. The number of carboxylic acid groups (broad SMARTS) is 1. The van der Waals surface area contributed by atoms with E-state index in [1.807, 2.05) is 24.3 Å². The summed E-state index contributed by atoms with van der Waals surface area (Å²) in [5.74, 6) is -0.190. The van der Waals surface area contributed by atoms with Crippen molar-refractivity contribution in [1.29, 1.82) is 0 Å². The first-order valence-electron chi connectivity index (χ1n) is 6.97. The lowest BCUT2D eigenvalue weighted by molar-refractivity contribution is -0.140. The molecule has 0 aliphatic carbocycles. The van der Waals surface area contributed by atoms with Gasteiger partial charge in [0.1, 0.15) is 17.5 Å². The molecule has 1 aromatic carbocycles. The third kappa shape index (κ3) is 3.15. The monoisotopic (exact) mass is 363 g/mol. The fraction of sp³-hybridized carbons (Fsp3) is 0.188. The second-order valence-corrected chi connectivity index (χ2v) is 6.72. The Bertz CT molecular complexity index is 800. The average molecular weight is 363 g/mol. The summed E-state index contributed by atoms with van der Waals surface area (Å²) in [5.41, 5.74) is 1.65. The summed E-state index contributed by atoms with van der Waals surface area (Å²) in [4.78, 5) is 24.6. The molecule has 0 aromatic heterocycles. The molecule has 8 heteroatoms. The van der Waals surface area contributed by atoms with Crippen LogP contribution in [0.3, 0.4) is 0 Å². The molecule has 1 fully saturated rings. The molecule has 124 valence electrons. The van der Waals surface area contributed by atoms with Crippen LogP contribution in [0, 0.1) is 0 Å². The Morgan fingerprint density at radius 3 is 3.04 bits per heavy atom. The maximum Gasteiger partial charge on any atom is 0.323 e. The van der Waals surface area contributed by atoms with Gasteiger partial charge in [0, 0.05) is 5.56 Å².